The van der Waals surface area contributed by atoms with Gasteiger partial charge in [-0.1, -0.05) is 16.6 Å². The van der Waals surface area contributed by atoms with E-state index >= 15 is 0 Å². The average Bonchev–Trinajstić information content (AvgIpc) is 2.83. The molecule has 2 rings (SSSR count). The maximum absolute atomic E-state index is 11.5. The molecule has 2 heterocycles. The molecule has 16 heavy (non-hydrogen) atoms. The molecule has 0 saturated carbocycles. The van der Waals surface area contributed by atoms with Gasteiger partial charge in [-0.2, -0.15) is 0 Å². The molecule has 0 radical (unpaired) electrons. The third kappa shape index (κ3) is 1.74. The van der Waals surface area contributed by atoms with E-state index in [0.29, 0.717) is 21.4 Å². The molecule has 0 bridgehead atoms. The summed E-state index contributed by atoms with van der Waals surface area (Å²) < 4.78 is 6.16. The maximum Gasteiger partial charge on any atom is 0.350 e. The minimum atomic E-state index is -0.477. The zero-order valence-corrected chi connectivity index (χ0v) is 9.48. The number of carbonyl (C=O) groups is 1. The number of rotatable bonds is 2. The first-order valence-electron chi connectivity index (χ1n) is 4.33. The van der Waals surface area contributed by atoms with Gasteiger partial charge >= 0.3 is 5.97 Å². The Hall–Kier alpha value is -1.96. The van der Waals surface area contributed by atoms with E-state index in [0.717, 1.165) is 11.3 Å². The van der Waals surface area contributed by atoms with Gasteiger partial charge in [0.25, 0.3) is 0 Å². The molecule has 0 atom stereocenters. The molecule has 2 aromatic rings. The van der Waals surface area contributed by atoms with E-state index in [9.17, 15) is 4.79 Å². The molecule has 0 aromatic carbocycles. The summed E-state index contributed by atoms with van der Waals surface area (Å²) in [4.78, 5) is 15.8. The summed E-state index contributed by atoms with van der Waals surface area (Å²) in [5.74, 6) is -0.477. The molecule has 2 aromatic heterocycles. The van der Waals surface area contributed by atoms with Gasteiger partial charge in [0.15, 0.2) is 5.13 Å². The van der Waals surface area contributed by atoms with Gasteiger partial charge in [-0.05, 0) is 0 Å². The van der Waals surface area contributed by atoms with E-state index in [1.165, 1.54) is 11.8 Å². The summed E-state index contributed by atoms with van der Waals surface area (Å²) >= 11 is 1.07. The molecule has 0 aliphatic heterocycles. The number of hydrogen-bond donors (Lipinski definition) is 1. The number of aromatic nitrogens is 4. The Balaban J connectivity index is 2.52. The van der Waals surface area contributed by atoms with Gasteiger partial charge in [-0.15, -0.1) is 5.10 Å². The Bertz CT molecular complexity index is 532. The van der Waals surface area contributed by atoms with Crippen LogP contribution in [0.3, 0.4) is 0 Å². The van der Waals surface area contributed by atoms with Crippen LogP contribution >= 0.6 is 11.3 Å². The third-order valence-corrected chi connectivity index (χ3v) is 2.72. The number of thiazole rings is 1. The highest BCUT2D eigenvalue weighted by Gasteiger charge is 2.21. The molecule has 84 valence electrons. The minimum absolute atomic E-state index is 0.293. The molecule has 0 aliphatic rings. The van der Waals surface area contributed by atoms with Gasteiger partial charge in [0, 0.05) is 7.05 Å². The second kappa shape index (κ2) is 3.89. The molecule has 0 saturated heterocycles. The molecule has 8 heteroatoms. The molecule has 0 unspecified atom stereocenters. The largest absolute Gasteiger partial charge is 0.465 e. The van der Waals surface area contributed by atoms with Crippen LogP contribution in [0.15, 0.2) is 6.20 Å². The normalized spacial score (nSPS) is 10.4. The first kappa shape index (κ1) is 10.6. The topological polar surface area (TPSA) is 95.9 Å². The van der Waals surface area contributed by atoms with E-state index in [2.05, 4.69) is 20.0 Å². The summed E-state index contributed by atoms with van der Waals surface area (Å²) in [7, 11) is 3.03. The lowest BCUT2D eigenvalue weighted by Gasteiger charge is -1.95. The Morgan fingerprint density at radius 2 is 2.38 bits per heavy atom. The van der Waals surface area contributed by atoms with E-state index in [1.807, 2.05) is 0 Å². The number of hydrogen-bond acceptors (Lipinski definition) is 7. The fourth-order valence-electron chi connectivity index (χ4n) is 1.20. The van der Waals surface area contributed by atoms with Crippen LogP contribution < -0.4 is 5.73 Å². The second-order valence-electron chi connectivity index (χ2n) is 3.00. The van der Waals surface area contributed by atoms with Crippen molar-refractivity contribution in [3.63, 3.8) is 0 Å². The minimum Gasteiger partial charge on any atom is -0.465 e. The number of nitrogens with zero attached hydrogens (tertiary/aromatic N) is 4. The average molecular weight is 239 g/mol. The van der Waals surface area contributed by atoms with E-state index in [4.69, 9.17) is 5.73 Å². The highest BCUT2D eigenvalue weighted by molar-refractivity contribution is 7.17. The van der Waals surface area contributed by atoms with Crippen LogP contribution in [0.5, 0.6) is 0 Å². The van der Waals surface area contributed by atoms with Crippen LogP contribution in [0.4, 0.5) is 5.13 Å². The summed E-state index contributed by atoms with van der Waals surface area (Å²) in [6.07, 6.45) is 1.65. The maximum atomic E-state index is 11.5. The molecular formula is C8H9N5O2S. The number of carbonyl (C=O) groups excluding carboxylic acids is 1. The van der Waals surface area contributed by atoms with Crippen molar-refractivity contribution in [2.75, 3.05) is 12.8 Å². The fraction of sp³-hybridized carbons (Fsp3) is 0.250. The van der Waals surface area contributed by atoms with Crippen molar-refractivity contribution in [2.45, 2.75) is 0 Å². The van der Waals surface area contributed by atoms with Crippen molar-refractivity contribution in [2.24, 2.45) is 7.05 Å². The lowest BCUT2D eigenvalue weighted by atomic mass is 10.3. The van der Waals surface area contributed by atoms with Crippen LogP contribution in [-0.2, 0) is 11.8 Å². The van der Waals surface area contributed by atoms with E-state index in [1.54, 1.807) is 13.2 Å². The van der Waals surface area contributed by atoms with Crippen molar-refractivity contribution < 1.29 is 9.53 Å². The smallest absolute Gasteiger partial charge is 0.350 e. The molecule has 0 aliphatic carbocycles. The Kier molecular flexibility index (Phi) is 2.57. The van der Waals surface area contributed by atoms with Crippen molar-refractivity contribution in [3.05, 3.63) is 11.1 Å². The first-order valence-corrected chi connectivity index (χ1v) is 5.14. The van der Waals surface area contributed by atoms with Crippen LogP contribution in [0, 0.1) is 0 Å². The van der Waals surface area contributed by atoms with Gasteiger partial charge in [-0.3, -0.25) is 4.68 Å². The first-order chi connectivity index (χ1) is 7.61. The SMILES string of the molecule is COC(=O)c1sc(N)nc1-c1cn(C)nn1. The number of anilines is 1. The van der Waals surface area contributed by atoms with Crippen molar-refractivity contribution in [3.8, 4) is 11.4 Å². The predicted octanol–water partition coefficient (Wildman–Crippen LogP) is 0.307. The monoisotopic (exact) mass is 239 g/mol. The number of ether oxygens (including phenoxy) is 1. The van der Waals surface area contributed by atoms with Crippen LogP contribution in [0.25, 0.3) is 11.4 Å². The summed E-state index contributed by atoms with van der Waals surface area (Å²) in [6, 6.07) is 0. The predicted molar refractivity (Wildman–Crippen MR) is 57.9 cm³/mol. The van der Waals surface area contributed by atoms with Gasteiger partial charge in [0.1, 0.15) is 16.3 Å². The van der Waals surface area contributed by atoms with Gasteiger partial charge in [-0.25, -0.2) is 9.78 Å². The Morgan fingerprint density at radius 1 is 1.62 bits per heavy atom. The third-order valence-electron chi connectivity index (χ3n) is 1.86. The molecule has 2 N–H and O–H groups in total. The van der Waals surface area contributed by atoms with E-state index in [-0.39, 0.29) is 0 Å². The van der Waals surface area contributed by atoms with Gasteiger partial charge in [0.2, 0.25) is 0 Å². The molecule has 0 amide bonds. The van der Waals surface area contributed by atoms with E-state index < -0.39 is 5.97 Å². The quantitative estimate of drug-likeness (QED) is 0.757. The molecular weight excluding hydrogens is 230 g/mol. The zero-order valence-electron chi connectivity index (χ0n) is 8.67. The van der Waals surface area contributed by atoms with Crippen molar-refractivity contribution in [1.82, 2.24) is 20.0 Å². The Labute approximate surface area is 94.9 Å². The zero-order chi connectivity index (χ0) is 11.7. The number of nitrogens with two attached hydrogens (primary N) is 1. The van der Waals surface area contributed by atoms with Crippen LogP contribution in [0.2, 0.25) is 0 Å². The molecule has 7 nitrogen and oxygen atoms in total. The van der Waals surface area contributed by atoms with Gasteiger partial charge in [0.05, 0.1) is 13.3 Å². The lowest BCUT2D eigenvalue weighted by molar-refractivity contribution is 0.0607. The fourth-order valence-corrected chi connectivity index (χ4v) is 1.96. The van der Waals surface area contributed by atoms with Gasteiger partial charge < -0.3 is 10.5 Å². The van der Waals surface area contributed by atoms with Crippen LogP contribution in [0.1, 0.15) is 9.67 Å². The van der Waals surface area contributed by atoms with Crippen LogP contribution in [-0.4, -0.2) is 33.1 Å². The lowest BCUT2D eigenvalue weighted by Crippen LogP contribution is -2.00. The number of methoxy groups -OCH3 is 1. The highest BCUT2D eigenvalue weighted by Crippen LogP contribution is 2.28. The number of nitrogen functional groups attached to an aromatic ring is 1. The molecule has 0 spiro atoms. The summed E-state index contributed by atoms with van der Waals surface area (Å²) in [6.45, 7) is 0. The second-order valence-corrected chi connectivity index (χ2v) is 4.03. The number of aryl methyl sites for hydroxylation is 1. The summed E-state index contributed by atoms with van der Waals surface area (Å²) in [5, 5.41) is 7.93. The van der Waals surface area contributed by atoms with Crippen molar-refractivity contribution >= 4 is 22.4 Å². The Morgan fingerprint density at radius 3 is 2.94 bits per heavy atom. The molecule has 0 fully saturated rings. The summed E-state index contributed by atoms with van der Waals surface area (Å²) in [5.41, 5.74) is 6.46. The number of esters is 1. The van der Waals surface area contributed by atoms with Crippen molar-refractivity contribution in [1.29, 1.82) is 0 Å². The standard InChI is InChI=1S/C8H9N5O2S/c1-13-3-4(11-12-13)5-6(7(14)15-2)16-8(9)10-5/h3H,1-2H3,(H2,9,10). The highest BCUT2D eigenvalue weighted by atomic mass is 32.1.